The Hall–Kier alpha value is -2.13. The Kier molecular flexibility index (Phi) is 5.47. The minimum Gasteiger partial charge on any atom is -0.479 e. The summed E-state index contributed by atoms with van der Waals surface area (Å²) in [6, 6.07) is 6.12. The Morgan fingerprint density at radius 2 is 1.85 bits per heavy atom. The predicted octanol–water partition coefficient (Wildman–Crippen LogP) is -0.600. The molecular weight excluding hydrogens is 286 g/mol. The van der Waals surface area contributed by atoms with Crippen molar-refractivity contribution in [2.75, 3.05) is 12.3 Å². The van der Waals surface area contributed by atoms with Crippen molar-refractivity contribution in [1.82, 2.24) is 10.6 Å². The number of carbonyl (C=O) groups is 2. The highest BCUT2D eigenvalue weighted by Crippen LogP contribution is 2.12. The lowest BCUT2D eigenvalue weighted by molar-refractivity contribution is -0.139. The smallest absolute Gasteiger partial charge is 0.330 e. The molecule has 0 aliphatic heterocycles. The molecule has 0 saturated heterocycles. The van der Waals surface area contributed by atoms with Crippen LogP contribution in [0.5, 0.6) is 0 Å². The van der Waals surface area contributed by atoms with Crippen molar-refractivity contribution in [1.29, 1.82) is 0 Å². The fourth-order valence-corrected chi connectivity index (χ4v) is 1.81. The largest absolute Gasteiger partial charge is 0.479 e. The minimum absolute atomic E-state index is 0.203. The van der Waals surface area contributed by atoms with Gasteiger partial charge in [-0.1, -0.05) is 30.3 Å². The summed E-state index contributed by atoms with van der Waals surface area (Å²) >= 11 is 0. The van der Waals surface area contributed by atoms with Crippen LogP contribution in [0.4, 0.5) is 4.79 Å². The lowest BCUT2D eigenvalue weighted by Crippen LogP contribution is -2.42. The predicted molar refractivity (Wildman–Crippen MR) is 71.3 cm³/mol. The maximum Gasteiger partial charge on any atom is 0.330 e. The van der Waals surface area contributed by atoms with Crippen molar-refractivity contribution in [2.24, 2.45) is 5.14 Å². The van der Waals surface area contributed by atoms with E-state index in [0.29, 0.717) is 5.56 Å². The molecule has 5 N–H and O–H groups in total. The summed E-state index contributed by atoms with van der Waals surface area (Å²) in [7, 11) is -3.68. The molecular formula is C11H15N3O5S. The van der Waals surface area contributed by atoms with E-state index in [-0.39, 0.29) is 6.54 Å². The lowest BCUT2D eigenvalue weighted by atomic mass is 10.1. The van der Waals surface area contributed by atoms with Crippen molar-refractivity contribution in [3.8, 4) is 0 Å². The first-order valence-corrected chi connectivity index (χ1v) is 7.34. The van der Waals surface area contributed by atoms with Crippen LogP contribution in [0.1, 0.15) is 11.6 Å². The molecule has 0 aromatic heterocycles. The summed E-state index contributed by atoms with van der Waals surface area (Å²) in [5.74, 6) is -1.65. The molecule has 1 aromatic carbocycles. The molecule has 0 unspecified atom stereocenters. The van der Waals surface area contributed by atoms with Crippen molar-refractivity contribution < 1.29 is 23.1 Å². The number of carboxylic acids is 1. The number of carbonyl (C=O) groups excluding carboxylic acids is 1. The van der Waals surface area contributed by atoms with Crippen LogP contribution in [0.3, 0.4) is 0 Å². The monoisotopic (exact) mass is 301 g/mol. The average Bonchev–Trinajstić information content (AvgIpc) is 2.35. The molecule has 0 spiro atoms. The second-order valence-corrected chi connectivity index (χ2v) is 5.68. The maximum atomic E-state index is 11.5. The van der Waals surface area contributed by atoms with Crippen LogP contribution >= 0.6 is 0 Å². The number of aliphatic carboxylic acids is 1. The lowest BCUT2D eigenvalue weighted by Gasteiger charge is -2.15. The van der Waals surface area contributed by atoms with Crippen LogP contribution in [-0.2, 0) is 14.8 Å². The molecule has 1 rings (SSSR count). The van der Waals surface area contributed by atoms with Crippen LogP contribution in [0.15, 0.2) is 30.3 Å². The second-order valence-electron chi connectivity index (χ2n) is 3.95. The molecule has 1 atom stereocenters. The summed E-state index contributed by atoms with van der Waals surface area (Å²) in [4.78, 5) is 22.6. The van der Waals surface area contributed by atoms with E-state index in [0.717, 1.165) is 0 Å². The number of hydrogen-bond donors (Lipinski definition) is 4. The van der Waals surface area contributed by atoms with Gasteiger partial charge in [0.25, 0.3) is 0 Å². The van der Waals surface area contributed by atoms with Gasteiger partial charge in [-0.15, -0.1) is 0 Å². The number of nitrogens with one attached hydrogen (secondary N) is 2. The van der Waals surface area contributed by atoms with Gasteiger partial charge in [0.2, 0.25) is 10.0 Å². The fourth-order valence-electron chi connectivity index (χ4n) is 1.42. The van der Waals surface area contributed by atoms with E-state index in [1.807, 2.05) is 0 Å². The van der Waals surface area contributed by atoms with Crippen molar-refractivity contribution >= 4 is 22.0 Å². The molecule has 9 heteroatoms. The molecule has 110 valence electrons. The van der Waals surface area contributed by atoms with Gasteiger partial charge in [-0.2, -0.15) is 0 Å². The summed E-state index contributed by atoms with van der Waals surface area (Å²) in [6.07, 6.45) is 0. The highest BCUT2D eigenvalue weighted by atomic mass is 32.2. The number of nitrogens with two attached hydrogens (primary N) is 1. The Balaban J connectivity index is 2.59. The highest BCUT2D eigenvalue weighted by Gasteiger charge is 2.21. The molecule has 2 amide bonds. The topological polar surface area (TPSA) is 139 Å². The SMILES string of the molecule is NS(=O)(=O)CCNC(=O)N[C@@H](C(=O)O)c1ccccc1. The zero-order valence-electron chi connectivity index (χ0n) is 10.4. The Morgan fingerprint density at radius 3 is 2.35 bits per heavy atom. The van der Waals surface area contributed by atoms with Crippen molar-refractivity contribution in [3.63, 3.8) is 0 Å². The van der Waals surface area contributed by atoms with E-state index < -0.39 is 33.8 Å². The van der Waals surface area contributed by atoms with Crippen molar-refractivity contribution in [2.45, 2.75) is 6.04 Å². The molecule has 0 aliphatic rings. The van der Waals surface area contributed by atoms with Gasteiger partial charge < -0.3 is 15.7 Å². The molecule has 0 bridgehead atoms. The number of hydrogen-bond acceptors (Lipinski definition) is 4. The van der Waals surface area contributed by atoms with Gasteiger partial charge >= 0.3 is 12.0 Å². The van der Waals surface area contributed by atoms with Gasteiger partial charge in [0.1, 0.15) is 0 Å². The first-order valence-electron chi connectivity index (χ1n) is 5.62. The van der Waals surface area contributed by atoms with Crippen LogP contribution in [0.2, 0.25) is 0 Å². The van der Waals surface area contributed by atoms with Gasteiger partial charge in [0.15, 0.2) is 6.04 Å². The number of urea groups is 1. The zero-order valence-corrected chi connectivity index (χ0v) is 11.3. The molecule has 0 heterocycles. The second kappa shape index (κ2) is 6.87. The van der Waals surface area contributed by atoms with Gasteiger partial charge in [-0.05, 0) is 5.56 Å². The summed E-state index contributed by atoms with van der Waals surface area (Å²) in [5.41, 5.74) is 0.404. The summed E-state index contributed by atoms with van der Waals surface area (Å²) in [5, 5.41) is 18.3. The third-order valence-corrected chi connectivity index (χ3v) is 3.10. The normalized spacial score (nSPS) is 12.4. The molecule has 1 aromatic rings. The standard InChI is InChI=1S/C11H15N3O5S/c12-20(18,19)7-6-13-11(17)14-9(10(15)16)8-4-2-1-3-5-8/h1-5,9H,6-7H2,(H,15,16)(H2,12,18,19)(H2,13,14,17)/t9-/m1/s1. The zero-order chi connectivity index (χ0) is 15.2. The maximum absolute atomic E-state index is 11.5. The van der Waals surface area contributed by atoms with E-state index in [4.69, 9.17) is 10.2 Å². The molecule has 8 nitrogen and oxygen atoms in total. The van der Waals surface area contributed by atoms with E-state index in [1.165, 1.54) is 0 Å². The number of carboxylic acid groups (broad SMARTS) is 1. The Morgan fingerprint density at radius 1 is 1.25 bits per heavy atom. The molecule has 0 radical (unpaired) electrons. The first kappa shape index (κ1) is 15.9. The summed E-state index contributed by atoms with van der Waals surface area (Å²) in [6.45, 7) is -0.203. The number of sulfonamides is 1. The number of primary sulfonamides is 1. The van der Waals surface area contributed by atoms with Gasteiger partial charge in [-0.3, -0.25) is 0 Å². The van der Waals surface area contributed by atoms with Crippen LogP contribution < -0.4 is 15.8 Å². The number of benzene rings is 1. The minimum atomic E-state index is -3.68. The van der Waals surface area contributed by atoms with Crippen LogP contribution in [0, 0.1) is 0 Å². The highest BCUT2D eigenvalue weighted by molar-refractivity contribution is 7.89. The molecule has 0 saturated carbocycles. The molecule has 0 aliphatic carbocycles. The van der Waals surface area contributed by atoms with Crippen LogP contribution in [-0.4, -0.2) is 37.8 Å². The average molecular weight is 301 g/mol. The first-order chi connectivity index (χ1) is 9.29. The Labute approximate surface area is 116 Å². The van der Waals surface area contributed by atoms with E-state index in [1.54, 1.807) is 30.3 Å². The summed E-state index contributed by atoms with van der Waals surface area (Å²) < 4.78 is 21.4. The van der Waals surface area contributed by atoms with Gasteiger partial charge in [-0.25, -0.2) is 23.1 Å². The fraction of sp³-hybridized carbons (Fsp3) is 0.273. The third-order valence-electron chi connectivity index (χ3n) is 2.33. The Bertz CT molecular complexity index is 573. The third kappa shape index (κ3) is 5.67. The number of amides is 2. The van der Waals surface area contributed by atoms with Crippen molar-refractivity contribution in [3.05, 3.63) is 35.9 Å². The number of rotatable bonds is 6. The molecule has 0 fully saturated rings. The van der Waals surface area contributed by atoms with Crippen LogP contribution in [0.25, 0.3) is 0 Å². The van der Waals surface area contributed by atoms with E-state index >= 15 is 0 Å². The quantitative estimate of drug-likeness (QED) is 0.555. The van der Waals surface area contributed by atoms with E-state index in [2.05, 4.69) is 10.6 Å². The van der Waals surface area contributed by atoms with Gasteiger partial charge in [0, 0.05) is 6.54 Å². The van der Waals surface area contributed by atoms with E-state index in [9.17, 15) is 18.0 Å². The molecule has 20 heavy (non-hydrogen) atoms. The van der Waals surface area contributed by atoms with Gasteiger partial charge in [0.05, 0.1) is 5.75 Å².